The fourth-order valence-electron chi connectivity index (χ4n) is 2.10. The Kier molecular flexibility index (Phi) is 3.76. The summed E-state index contributed by atoms with van der Waals surface area (Å²) in [5.41, 5.74) is 6.92. The molecule has 0 spiro atoms. The predicted octanol–water partition coefficient (Wildman–Crippen LogP) is 2.01. The molecule has 1 fully saturated rings. The molecule has 2 rings (SSSR count). The summed E-state index contributed by atoms with van der Waals surface area (Å²) in [7, 11) is 0. The van der Waals surface area contributed by atoms with Gasteiger partial charge >= 0.3 is 0 Å². The van der Waals surface area contributed by atoms with E-state index in [9.17, 15) is 0 Å². The van der Waals surface area contributed by atoms with Gasteiger partial charge in [-0.05, 0) is 20.3 Å². The van der Waals surface area contributed by atoms with Crippen molar-refractivity contribution < 1.29 is 0 Å². The van der Waals surface area contributed by atoms with E-state index >= 15 is 0 Å². The van der Waals surface area contributed by atoms with Crippen molar-refractivity contribution >= 4 is 23.4 Å². The summed E-state index contributed by atoms with van der Waals surface area (Å²) >= 11 is 2.06. The van der Waals surface area contributed by atoms with E-state index < -0.39 is 0 Å². The Morgan fingerprint density at radius 1 is 1.41 bits per heavy atom. The second kappa shape index (κ2) is 5.12. The van der Waals surface area contributed by atoms with E-state index in [-0.39, 0.29) is 0 Å². The molecule has 1 saturated heterocycles. The van der Waals surface area contributed by atoms with Crippen molar-refractivity contribution in [3.05, 3.63) is 11.4 Å². The number of aromatic nitrogens is 2. The van der Waals surface area contributed by atoms with E-state index in [1.54, 1.807) is 0 Å². The van der Waals surface area contributed by atoms with Gasteiger partial charge in [-0.1, -0.05) is 6.92 Å². The number of thioether (sulfide) groups is 1. The number of hydrogen-bond donors (Lipinski definition) is 1. The summed E-state index contributed by atoms with van der Waals surface area (Å²) in [6.45, 7) is 8.27. The van der Waals surface area contributed by atoms with Crippen LogP contribution in [0.15, 0.2) is 0 Å². The van der Waals surface area contributed by atoms with Crippen LogP contribution in [0.1, 0.15) is 24.7 Å². The van der Waals surface area contributed by atoms with Crippen LogP contribution in [0.5, 0.6) is 0 Å². The lowest BCUT2D eigenvalue weighted by molar-refractivity contribution is 0.715. The Hall–Kier alpha value is -0.970. The molecule has 0 radical (unpaired) electrons. The minimum atomic E-state index is 0.610. The Morgan fingerprint density at radius 3 is 2.88 bits per heavy atom. The monoisotopic (exact) mass is 252 g/mol. The van der Waals surface area contributed by atoms with Crippen LogP contribution in [-0.2, 0) is 0 Å². The molecule has 1 aromatic heterocycles. The van der Waals surface area contributed by atoms with E-state index in [2.05, 4.69) is 33.6 Å². The zero-order valence-electron chi connectivity index (χ0n) is 10.7. The normalized spacial score (nSPS) is 20.6. The Balaban J connectivity index is 2.27. The van der Waals surface area contributed by atoms with E-state index in [0.29, 0.717) is 11.1 Å². The van der Waals surface area contributed by atoms with Gasteiger partial charge in [0.15, 0.2) is 0 Å². The van der Waals surface area contributed by atoms with Crippen molar-refractivity contribution in [2.45, 2.75) is 32.4 Å². The van der Waals surface area contributed by atoms with Crippen molar-refractivity contribution in [1.82, 2.24) is 9.97 Å². The molecule has 2 N–H and O–H groups in total. The Labute approximate surface area is 107 Å². The number of nitrogens with zero attached hydrogens (tertiary/aromatic N) is 3. The van der Waals surface area contributed by atoms with Gasteiger partial charge in [-0.15, -0.1) is 0 Å². The maximum atomic E-state index is 5.91. The Bertz CT molecular complexity index is 408. The van der Waals surface area contributed by atoms with Crippen molar-refractivity contribution in [1.29, 1.82) is 0 Å². The van der Waals surface area contributed by atoms with Crippen LogP contribution in [-0.4, -0.2) is 34.1 Å². The smallest absolute Gasteiger partial charge is 0.137 e. The molecule has 0 amide bonds. The van der Waals surface area contributed by atoms with Crippen LogP contribution in [0, 0.1) is 13.8 Å². The molecule has 1 aliphatic rings. The predicted molar refractivity (Wildman–Crippen MR) is 74.7 cm³/mol. The first-order valence-corrected chi connectivity index (χ1v) is 7.14. The molecule has 0 aliphatic carbocycles. The highest BCUT2D eigenvalue weighted by Crippen LogP contribution is 2.28. The van der Waals surface area contributed by atoms with Gasteiger partial charge in [0.1, 0.15) is 17.5 Å². The zero-order chi connectivity index (χ0) is 12.4. The van der Waals surface area contributed by atoms with Gasteiger partial charge < -0.3 is 10.6 Å². The summed E-state index contributed by atoms with van der Waals surface area (Å²) in [5.74, 6) is 3.56. The van der Waals surface area contributed by atoms with Crippen molar-refractivity contribution in [3.63, 3.8) is 0 Å². The van der Waals surface area contributed by atoms with Gasteiger partial charge in [0.25, 0.3) is 0 Å². The first kappa shape index (κ1) is 12.5. The van der Waals surface area contributed by atoms with E-state index in [1.165, 1.54) is 12.2 Å². The molecule has 4 nitrogen and oxygen atoms in total. The molecule has 1 unspecified atom stereocenters. The van der Waals surface area contributed by atoms with E-state index in [1.807, 2.05) is 13.8 Å². The third-order valence-electron chi connectivity index (χ3n) is 3.16. The maximum Gasteiger partial charge on any atom is 0.137 e. The van der Waals surface area contributed by atoms with Gasteiger partial charge in [0.2, 0.25) is 0 Å². The fourth-order valence-corrected chi connectivity index (χ4v) is 3.28. The lowest BCUT2D eigenvalue weighted by Crippen LogP contribution is -2.38. The molecule has 0 bridgehead atoms. The molecule has 17 heavy (non-hydrogen) atoms. The molecular formula is C12H20N4S. The summed E-state index contributed by atoms with van der Waals surface area (Å²) in [4.78, 5) is 11.1. The quantitative estimate of drug-likeness (QED) is 0.872. The highest BCUT2D eigenvalue weighted by molar-refractivity contribution is 8.00. The summed E-state index contributed by atoms with van der Waals surface area (Å²) in [6, 6.07) is 0. The zero-order valence-corrected chi connectivity index (χ0v) is 11.5. The molecule has 2 heterocycles. The molecule has 1 aliphatic heterocycles. The summed E-state index contributed by atoms with van der Waals surface area (Å²) < 4.78 is 0. The van der Waals surface area contributed by atoms with Gasteiger partial charge in [0.05, 0.1) is 0 Å². The molecule has 5 heteroatoms. The minimum absolute atomic E-state index is 0.610. The lowest BCUT2D eigenvalue weighted by atomic mass is 10.2. The average molecular weight is 252 g/mol. The highest BCUT2D eigenvalue weighted by atomic mass is 32.2. The first-order valence-electron chi connectivity index (χ1n) is 6.09. The van der Waals surface area contributed by atoms with Gasteiger partial charge in [-0.25, -0.2) is 9.97 Å². The Morgan fingerprint density at radius 2 is 2.18 bits per heavy atom. The third kappa shape index (κ3) is 2.65. The average Bonchev–Trinajstić information content (AvgIpc) is 2.34. The van der Waals surface area contributed by atoms with Crippen LogP contribution in [0.4, 0.5) is 11.6 Å². The van der Waals surface area contributed by atoms with Gasteiger partial charge in [-0.2, -0.15) is 11.8 Å². The molecule has 1 aromatic rings. The second-order valence-corrected chi connectivity index (χ2v) is 5.86. The molecule has 0 aromatic carbocycles. The van der Waals surface area contributed by atoms with E-state index in [4.69, 9.17) is 5.73 Å². The minimum Gasteiger partial charge on any atom is -0.383 e. The molecule has 1 atom stereocenters. The van der Waals surface area contributed by atoms with Crippen molar-refractivity contribution in [2.75, 3.05) is 29.5 Å². The second-order valence-electron chi connectivity index (χ2n) is 4.45. The highest BCUT2D eigenvalue weighted by Gasteiger charge is 2.22. The first-order chi connectivity index (χ1) is 8.11. The van der Waals surface area contributed by atoms with Crippen molar-refractivity contribution in [2.24, 2.45) is 0 Å². The van der Waals surface area contributed by atoms with Crippen LogP contribution in [0.2, 0.25) is 0 Å². The number of nitrogen functional groups attached to an aromatic ring is 1. The number of anilines is 2. The van der Waals surface area contributed by atoms with Gasteiger partial charge in [0, 0.05) is 29.7 Å². The van der Waals surface area contributed by atoms with Gasteiger partial charge in [-0.3, -0.25) is 0 Å². The lowest BCUT2D eigenvalue weighted by Gasteiger charge is -2.33. The van der Waals surface area contributed by atoms with Crippen LogP contribution in [0.3, 0.4) is 0 Å². The number of nitrogens with two attached hydrogens (primary N) is 1. The van der Waals surface area contributed by atoms with Crippen LogP contribution < -0.4 is 10.6 Å². The number of rotatable bonds is 2. The topological polar surface area (TPSA) is 55.0 Å². The summed E-state index contributed by atoms with van der Waals surface area (Å²) in [5, 5.41) is 0.708. The SMILES string of the molecule is CCC1CN(c2nc(C)nc(N)c2C)CCS1. The maximum absolute atomic E-state index is 5.91. The van der Waals surface area contributed by atoms with Crippen molar-refractivity contribution in [3.8, 4) is 0 Å². The van der Waals surface area contributed by atoms with E-state index in [0.717, 1.165) is 30.3 Å². The third-order valence-corrected chi connectivity index (χ3v) is 4.54. The van der Waals surface area contributed by atoms with Crippen LogP contribution >= 0.6 is 11.8 Å². The fraction of sp³-hybridized carbons (Fsp3) is 0.667. The molecular weight excluding hydrogens is 232 g/mol. The molecule has 0 saturated carbocycles. The number of hydrogen-bond acceptors (Lipinski definition) is 5. The molecule has 94 valence electrons. The largest absolute Gasteiger partial charge is 0.383 e. The number of aryl methyl sites for hydroxylation is 1. The van der Waals surface area contributed by atoms with Crippen LogP contribution in [0.25, 0.3) is 0 Å². The summed E-state index contributed by atoms with van der Waals surface area (Å²) in [6.07, 6.45) is 1.21. The standard InChI is InChI=1S/C12H20N4S/c1-4-10-7-16(5-6-17-10)12-8(2)11(13)14-9(3)15-12/h10H,4-7H2,1-3H3,(H2,13,14,15).